The largest absolute Gasteiger partial charge is 0.335 e. The zero-order valence-electron chi connectivity index (χ0n) is 32.5. The van der Waals surface area contributed by atoms with Gasteiger partial charge in [0.1, 0.15) is 0 Å². The maximum absolute atomic E-state index is 2.69. The van der Waals surface area contributed by atoms with Gasteiger partial charge in [-0.15, -0.1) is 0 Å². The molecule has 10 aromatic rings. The molecule has 10 aromatic carbocycles. The van der Waals surface area contributed by atoms with Crippen LogP contribution in [-0.2, 0) is 0 Å². The van der Waals surface area contributed by atoms with Crippen LogP contribution >= 0.6 is 0 Å². The Kier molecular flexibility index (Phi) is 7.06. The lowest BCUT2D eigenvalue weighted by molar-refractivity contribution is 0.223. The first-order valence-electron chi connectivity index (χ1n) is 20.8. The lowest BCUT2D eigenvalue weighted by Gasteiger charge is -2.46. The summed E-state index contributed by atoms with van der Waals surface area (Å²) in [4.78, 5) is 2.69. The lowest BCUT2D eigenvalue weighted by atomic mass is 9.67. The number of benzene rings is 10. The third-order valence-electron chi connectivity index (χ3n) is 14.0. The molecule has 0 radical (unpaired) electrons. The SMILES string of the molecule is CC1CCCC2(C)C1c1cc(-c3cc(-c4cccc5ccccc45)c4ccc5ccc(-c6cccc7ccccc67)c6ccc3c4c56)ccc1N2c1ccccc1. The zero-order valence-corrected chi connectivity index (χ0v) is 32.5. The van der Waals surface area contributed by atoms with Crippen LogP contribution in [0.5, 0.6) is 0 Å². The summed E-state index contributed by atoms with van der Waals surface area (Å²) in [6.45, 7) is 5.03. The molecule has 12 rings (SSSR count). The molecule has 1 heteroatoms. The molecular weight excluding hydrogens is 687 g/mol. The Morgan fingerprint density at radius 2 is 1.07 bits per heavy atom. The number of hydrogen-bond acceptors (Lipinski definition) is 1. The molecule has 0 amide bonds. The number of nitrogens with zero attached hydrogens (tertiary/aromatic N) is 1. The third-order valence-corrected chi connectivity index (χ3v) is 14.0. The highest BCUT2D eigenvalue weighted by molar-refractivity contribution is 6.31. The van der Waals surface area contributed by atoms with Gasteiger partial charge in [-0.3, -0.25) is 0 Å². The summed E-state index contributed by atoms with van der Waals surface area (Å²) in [6, 6.07) is 66.6. The van der Waals surface area contributed by atoms with Gasteiger partial charge in [-0.05, 0) is 149 Å². The molecule has 0 spiro atoms. The maximum Gasteiger partial charge on any atom is 0.0495 e. The van der Waals surface area contributed by atoms with Crippen molar-refractivity contribution in [3.63, 3.8) is 0 Å². The van der Waals surface area contributed by atoms with Crippen molar-refractivity contribution < 1.29 is 0 Å². The molecule has 1 aliphatic carbocycles. The molecule has 0 saturated heterocycles. The highest BCUT2D eigenvalue weighted by atomic mass is 15.2. The van der Waals surface area contributed by atoms with Crippen LogP contribution in [0.1, 0.15) is 44.6 Å². The second-order valence-corrected chi connectivity index (χ2v) is 17.0. The van der Waals surface area contributed by atoms with Crippen LogP contribution in [0.2, 0.25) is 0 Å². The number of anilines is 2. The molecule has 3 atom stereocenters. The molecule has 0 aromatic heterocycles. The minimum atomic E-state index is 0.0365. The van der Waals surface area contributed by atoms with E-state index in [2.05, 4.69) is 195 Å². The van der Waals surface area contributed by atoms with Crippen molar-refractivity contribution in [2.75, 3.05) is 4.90 Å². The van der Waals surface area contributed by atoms with Gasteiger partial charge in [0.15, 0.2) is 0 Å². The Labute approximate surface area is 334 Å². The predicted octanol–water partition coefficient (Wildman–Crippen LogP) is 15.7. The summed E-state index contributed by atoms with van der Waals surface area (Å²) in [7, 11) is 0. The van der Waals surface area contributed by atoms with Crippen molar-refractivity contribution in [3.8, 4) is 33.4 Å². The zero-order chi connectivity index (χ0) is 37.8. The first-order valence-corrected chi connectivity index (χ1v) is 20.8. The van der Waals surface area contributed by atoms with Crippen LogP contribution in [0.3, 0.4) is 0 Å². The van der Waals surface area contributed by atoms with Crippen molar-refractivity contribution >= 4 is 65.2 Å². The molecule has 272 valence electrons. The molecule has 1 heterocycles. The fraction of sp³-hybridized carbons (Fsp3) is 0.143. The first-order chi connectivity index (χ1) is 28.1. The normalized spacial score (nSPS) is 19.2. The average Bonchev–Trinajstić information content (AvgIpc) is 3.53. The van der Waals surface area contributed by atoms with Crippen LogP contribution in [0, 0.1) is 5.92 Å². The van der Waals surface area contributed by atoms with Gasteiger partial charge in [0.05, 0.1) is 0 Å². The van der Waals surface area contributed by atoms with Gasteiger partial charge in [0.25, 0.3) is 0 Å². The van der Waals surface area contributed by atoms with E-state index >= 15 is 0 Å². The number of hydrogen-bond donors (Lipinski definition) is 0. The summed E-state index contributed by atoms with van der Waals surface area (Å²) in [5.74, 6) is 1.06. The molecule has 1 nitrogen and oxygen atoms in total. The van der Waals surface area contributed by atoms with Gasteiger partial charge in [0.2, 0.25) is 0 Å². The van der Waals surface area contributed by atoms with Gasteiger partial charge in [0, 0.05) is 22.8 Å². The average molecular weight is 730 g/mol. The van der Waals surface area contributed by atoms with Crippen molar-refractivity contribution in [3.05, 3.63) is 181 Å². The van der Waals surface area contributed by atoms with E-state index in [1.165, 1.54) is 123 Å². The van der Waals surface area contributed by atoms with Crippen molar-refractivity contribution in [1.82, 2.24) is 0 Å². The molecule has 57 heavy (non-hydrogen) atoms. The van der Waals surface area contributed by atoms with Gasteiger partial charge in [-0.2, -0.15) is 0 Å². The van der Waals surface area contributed by atoms with Crippen LogP contribution in [0.4, 0.5) is 11.4 Å². The minimum absolute atomic E-state index is 0.0365. The highest BCUT2D eigenvalue weighted by Crippen LogP contribution is 2.60. The topological polar surface area (TPSA) is 3.24 Å². The molecular formula is C56H43N. The lowest BCUT2D eigenvalue weighted by Crippen LogP contribution is -2.47. The van der Waals surface area contributed by atoms with Crippen LogP contribution in [0.25, 0.3) is 87.2 Å². The van der Waals surface area contributed by atoms with Crippen molar-refractivity contribution in [2.45, 2.75) is 44.6 Å². The van der Waals surface area contributed by atoms with E-state index in [1.54, 1.807) is 0 Å². The molecule has 0 bridgehead atoms. The van der Waals surface area contributed by atoms with E-state index < -0.39 is 0 Å². The Morgan fingerprint density at radius 1 is 0.474 bits per heavy atom. The summed E-state index contributed by atoms with van der Waals surface area (Å²) in [5.41, 5.74) is 12.0. The minimum Gasteiger partial charge on any atom is -0.335 e. The number of fused-ring (bicyclic) bond motifs is 5. The monoisotopic (exact) mass is 729 g/mol. The number of para-hydroxylation sites is 1. The second kappa shape index (κ2) is 12.3. The Morgan fingerprint density at radius 3 is 1.82 bits per heavy atom. The molecule has 3 unspecified atom stereocenters. The molecule has 1 saturated carbocycles. The number of rotatable bonds is 4. The first kappa shape index (κ1) is 32.8. The van der Waals surface area contributed by atoms with E-state index in [-0.39, 0.29) is 5.54 Å². The second-order valence-electron chi connectivity index (χ2n) is 17.0. The van der Waals surface area contributed by atoms with Crippen molar-refractivity contribution in [2.24, 2.45) is 5.92 Å². The smallest absolute Gasteiger partial charge is 0.0495 e. The van der Waals surface area contributed by atoms with Crippen molar-refractivity contribution in [1.29, 1.82) is 0 Å². The third kappa shape index (κ3) is 4.69. The van der Waals surface area contributed by atoms with Gasteiger partial charge in [-0.25, -0.2) is 0 Å². The fourth-order valence-electron chi connectivity index (χ4n) is 11.6. The van der Waals surface area contributed by atoms with E-state index in [4.69, 9.17) is 0 Å². The quantitative estimate of drug-likeness (QED) is 0.163. The predicted molar refractivity (Wildman–Crippen MR) is 244 cm³/mol. The summed E-state index contributed by atoms with van der Waals surface area (Å²) in [6.07, 6.45) is 3.74. The Balaban J connectivity index is 1.16. The molecule has 1 fully saturated rings. The van der Waals surface area contributed by atoms with Crippen LogP contribution in [-0.4, -0.2) is 5.54 Å². The highest BCUT2D eigenvalue weighted by Gasteiger charge is 2.52. The van der Waals surface area contributed by atoms with Gasteiger partial charge < -0.3 is 4.90 Å². The molecule has 2 aliphatic rings. The van der Waals surface area contributed by atoms with E-state index in [0.29, 0.717) is 11.8 Å². The summed E-state index contributed by atoms with van der Waals surface area (Å²) >= 11 is 0. The van der Waals surface area contributed by atoms with Gasteiger partial charge >= 0.3 is 0 Å². The standard InChI is InChI=1S/C56H43N/c1-35-13-12-32-56(2)55(35)51-33-39(26-31-52(51)57(56)40-18-4-3-5-19-40)49-34-50(44-23-11-17-37-15-7-9-21-42(37)44)48-28-25-38-24-27-45(46-29-30-47(49)54(48)53(38)46)43-22-10-16-36-14-6-8-20-41(36)43/h3-11,14-31,33-35,55H,12-13,32H2,1-2H3. The summed E-state index contributed by atoms with van der Waals surface area (Å²) in [5, 5.41) is 13.0. The Bertz CT molecular complexity index is 3200. The maximum atomic E-state index is 2.69. The van der Waals surface area contributed by atoms with E-state index in [1.807, 2.05) is 0 Å². The fourth-order valence-corrected chi connectivity index (χ4v) is 11.6. The molecule has 0 N–H and O–H groups in total. The van der Waals surface area contributed by atoms with E-state index in [9.17, 15) is 0 Å². The summed E-state index contributed by atoms with van der Waals surface area (Å²) < 4.78 is 0. The Hall–Kier alpha value is -6.44. The van der Waals surface area contributed by atoms with Gasteiger partial charge in [-0.1, -0.05) is 159 Å². The molecule has 1 aliphatic heterocycles. The van der Waals surface area contributed by atoms with Crippen LogP contribution < -0.4 is 4.90 Å². The van der Waals surface area contributed by atoms with E-state index in [0.717, 1.165) is 0 Å². The van der Waals surface area contributed by atoms with Crippen LogP contribution in [0.15, 0.2) is 176 Å².